The van der Waals surface area contributed by atoms with Gasteiger partial charge in [-0.1, -0.05) is 0 Å². The lowest BCUT2D eigenvalue weighted by atomic mass is 10.2. The zero-order valence-corrected chi connectivity index (χ0v) is 12.4. The molecule has 6 heteroatoms. The summed E-state index contributed by atoms with van der Waals surface area (Å²) in [6, 6.07) is 5.77. The highest BCUT2D eigenvalue weighted by Gasteiger charge is 2.19. The first-order valence-electron chi connectivity index (χ1n) is 7.16. The fraction of sp³-hybridized carbons (Fsp3) is 0.467. The zero-order chi connectivity index (χ0) is 14.8. The molecule has 0 aliphatic carbocycles. The lowest BCUT2D eigenvalue weighted by Gasteiger charge is -2.29. The summed E-state index contributed by atoms with van der Waals surface area (Å²) in [5, 5.41) is 7.18. The van der Waals surface area contributed by atoms with Crippen molar-refractivity contribution < 1.29 is 9.53 Å². The van der Waals surface area contributed by atoms with Gasteiger partial charge in [0.25, 0.3) is 5.91 Å². The zero-order valence-electron chi connectivity index (χ0n) is 12.4. The molecule has 1 amide bonds. The molecule has 0 bridgehead atoms. The first-order chi connectivity index (χ1) is 10.1. The average Bonchev–Trinajstić information content (AvgIpc) is 2.88. The van der Waals surface area contributed by atoms with Crippen LogP contribution in [0, 0.1) is 6.92 Å². The van der Waals surface area contributed by atoms with Crippen LogP contribution < -0.4 is 5.32 Å². The number of morpholine rings is 1. The summed E-state index contributed by atoms with van der Waals surface area (Å²) >= 11 is 0. The maximum Gasteiger partial charge on any atom is 0.271 e. The van der Waals surface area contributed by atoms with Crippen LogP contribution in [0.2, 0.25) is 0 Å². The van der Waals surface area contributed by atoms with E-state index in [1.165, 1.54) is 0 Å². The first-order valence-corrected chi connectivity index (χ1v) is 7.16. The SMILES string of the molecule is Cc1ccn2nc(C(=O)NCC3CN(C)CCO3)cc2c1. The maximum atomic E-state index is 12.2. The van der Waals surface area contributed by atoms with Gasteiger partial charge >= 0.3 is 0 Å². The van der Waals surface area contributed by atoms with Crippen LogP contribution >= 0.6 is 0 Å². The van der Waals surface area contributed by atoms with Crippen molar-refractivity contribution in [2.75, 3.05) is 33.3 Å². The molecule has 1 fully saturated rings. The largest absolute Gasteiger partial charge is 0.374 e. The average molecular weight is 288 g/mol. The molecule has 0 radical (unpaired) electrons. The highest BCUT2D eigenvalue weighted by atomic mass is 16.5. The van der Waals surface area contributed by atoms with E-state index in [0.717, 1.165) is 24.2 Å². The molecule has 1 aliphatic rings. The molecule has 2 aromatic rings. The second kappa shape index (κ2) is 5.83. The fourth-order valence-electron chi connectivity index (χ4n) is 2.50. The van der Waals surface area contributed by atoms with Crippen molar-refractivity contribution in [2.24, 2.45) is 0 Å². The number of carbonyl (C=O) groups is 1. The number of ether oxygens (including phenoxy) is 1. The number of nitrogens with zero attached hydrogens (tertiary/aromatic N) is 3. The third-order valence-corrected chi connectivity index (χ3v) is 3.68. The normalized spacial score (nSPS) is 19.8. The number of likely N-dealkylation sites (N-methyl/N-ethyl adjacent to an activating group) is 1. The maximum absolute atomic E-state index is 12.2. The summed E-state index contributed by atoms with van der Waals surface area (Å²) in [5.74, 6) is -0.159. The van der Waals surface area contributed by atoms with E-state index < -0.39 is 0 Å². The Labute approximate surface area is 123 Å². The van der Waals surface area contributed by atoms with Crippen LogP contribution in [-0.4, -0.2) is 59.8 Å². The van der Waals surface area contributed by atoms with Gasteiger partial charge in [-0.2, -0.15) is 5.10 Å². The molecule has 112 valence electrons. The molecule has 1 aliphatic heterocycles. The van der Waals surface area contributed by atoms with Crippen molar-refractivity contribution in [3.8, 4) is 0 Å². The van der Waals surface area contributed by atoms with Crippen LogP contribution in [0.3, 0.4) is 0 Å². The van der Waals surface area contributed by atoms with E-state index in [2.05, 4.69) is 22.4 Å². The van der Waals surface area contributed by atoms with Crippen LogP contribution in [0.25, 0.3) is 5.52 Å². The standard InChI is InChI=1S/C15H20N4O2/c1-11-3-4-19-12(7-11)8-14(17-19)15(20)16-9-13-10-18(2)5-6-21-13/h3-4,7-8,13H,5-6,9-10H2,1-2H3,(H,16,20). The van der Waals surface area contributed by atoms with Crippen LogP contribution in [-0.2, 0) is 4.74 Å². The summed E-state index contributed by atoms with van der Waals surface area (Å²) in [7, 11) is 2.06. The van der Waals surface area contributed by atoms with E-state index in [1.54, 1.807) is 10.6 Å². The van der Waals surface area contributed by atoms with Crippen molar-refractivity contribution >= 4 is 11.4 Å². The van der Waals surface area contributed by atoms with Crippen molar-refractivity contribution in [1.29, 1.82) is 0 Å². The van der Waals surface area contributed by atoms with E-state index in [1.807, 2.05) is 25.3 Å². The van der Waals surface area contributed by atoms with Gasteiger partial charge < -0.3 is 15.0 Å². The molecule has 0 aromatic carbocycles. The second-order valence-electron chi connectivity index (χ2n) is 5.57. The molecule has 1 saturated heterocycles. The lowest BCUT2D eigenvalue weighted by Crippen LogP contribution is -2.46. The van der Waals surface area contributed by atoms with Crippen molar-refractivity contribution in [3.05, 3.63) is 35.7 Å². The number of pyridine rings is 1. The Kier molecular flexibility index (Phi) is 3.90. The van der Waals surface area contributed by atoms with Gasteiger partial charge in [0.1, 0.15) is 0 Å². The van der Waals surface area contributed by atoms with Crippen molar-refractivity contribution in [1.82, 2.24) is 19.8 Å². The minimum absolute atomic E-state index is 0.0481. The Bertz CT molecular complexity index is 652. The predicted molar refractivity (Wildman–Crippen MR) is 79.5 cm³/mol. The summed E-state index contributed by atoms with van der Waals surface area (Å²) in [6.07, 6.45) is 1.91. The Balaban J connectivity index is 1.63. The quantitative estimate of drug-likeness (QED) is 0.903. The number of aromatic nitrogens is 2. The van der Waals surface area contributed by atoms with Gasteiger partial charge in [-0.3, -0.25) is 4.79 Å². The van der Waals surface area contributed by atoms with Crippen molar-refractivity contribution in [2.45, 2.75) is 13.0 Å². The molecule has 2 aromatic heterocycles. The van der Waals surface area contributed by atoms with Crippen molar-refractivity contribution in [3.63, 3.8) is 0 Å². The van der Waals surface area contributed by atoms with Gasteiger partial charge in [0.05, 0.1) is 18.2 Å². The lowest BCUT2D eigenvalue weighted by molar-refractivity contribution is -0.0175. The van der Waals surface area contributed by atoms with Gasteiger partial charge in [0, 0.05) is 25.8 Å². The van der Waals surface area contributed by atoms with E-state index in [0.29, 0.717) is 18.8 Å². The highest BCUT2D eigenvalue weighted by molar-refractivity contribution is 5.93. The number of fused-ring (bicyclic) bond motifs is 1. The number of hydrogen-bond donors (Lipinski definition) is 1. The monoisotopic (exact) mass is 288 g/mol. The molecule has 1 unspecified atom stereocenters. The summed E-state index contributed by atoms with van der Waals surface area (Å²) < 4.78 is 7.34. The molecule has 1 N–H and O–H groups in total. The Morgan fingerprint density at radius 3 is 3.19 bits per heavy atom. The number of amides is 1. The first kappa shape index (κ1) is 14.0. The van der Waals surface area contributed by atoms with Gasteiger partial charge in [-0.15, -0.1) is 0 Å². The Morgan fingerprint density at radius 1 is 1.52 bits per heavy atom. The van der Waals surface area contributed by atoms with E-state index in [9.17, 15) is 4.79 Å². The molecule has 1 atom stereocenters. The molecular weight excluding hydrogens is 268 g/mol. The molecule has 0 spiro atoms. The number of rotatable bonds is 3. The number of nitrogens with one attached hydrogen (secondary N) is 1. The summed E-state index contributed by atoms with van der Waals surface area (Å²) in [5.41, 5.74) is 2.51. The summed E-state index contributed by atoms with van der Waals surface area (Å²) in [4.78, 5) is 14.4. The van der Waals surface area contributed by atoms with Gasteiger partial charge in [-0.05, 0) is 37.7 Å². The van der Waals surface area contributed by atoms with Gasteiger partial charge in [0.15, 0.2) is 5.69 Å². The van der Waals surface area contributed by atoms with Crippen LogP contribution in [0.1, 0.15) is 16.1 Å². The number of hydrogen-bond acceptors (Lipinski definition) is 4. The third kappa shape index (κ3) is 3.22. The number of carbonyl (C=O) groups excluding carboxylic acids is 1. The minimum Gasteiger partial charge on any atom is -0.374 e. The van der Waals surface area contributed by atoms with Gasteiger partial charge in [0.2, 0.25) is 0 Å². The molecule has 21 heavy (non-hydrogen) atoms. The molecule has 0 saturated carbocycles. The van der Waals surface area contributed by atoms with Crippen LogP contribution in [0.5, 0.6) is 0 Å². The highest BCUT2D eigenvalue weighted by Crippen LogP contribution is 2.09. The molecule has 3 rings (SSSR count). The number of aryl methyl sites for hydroxylation is 1. The molecular formula is C15H20N4O2. The third-order valence-electron chi connectivity index (χ3n) is 3.68. The van der Waals surface area contributed by atoms with E-state index in [4.69, 9.17) is 4.74 Å². The topological polar surface area (TPSA) is 58.9 Å². The predicted octanol–water partition coefficient (Wildman–Crippen LogP) is 0.703. The van der Waals surface area contributed by atoms with Crippen LogP contribution in [0.15, 0.2) is 24.4 Å². The minimum atomic E-state index is -0.159. The van der Waals surface area contributed by atoms with Gasteiger partial charge in [-0.25, -0.2) is 4.52 Å². The molecule has 6 nitrogen and oxygen atoms in total. The summed E-state index contributed by atoms with van der Waals surface area (Å²) in [6.45, 7) is 5.02. The van der Waals surface area contributed by atoms with E-state index in [-0.39, 0.29) is 12.0 Å². The van der Waals surface area contributed by atoms with Crippen LogP contribution in [0.4, 0.5) is 0 Å². The Hall–Kier alpha value is -1.92. The smallest absolute Gasteiger partial charge is 0.271 e. The van der Waals surface area contributed by atoms with E-state index >= 15 is 0 Å². The fourth-order valence-corrected chi connectivity index (χ4v) is 2.50. The Morgan fingerprint density at radius 2 is 2.38 bits per heavy atom. The second-order valence-corrected chi connectivity index (χ2v) is 5.57. The molecule has 3 heterocycles.